The molecular weight excluding hydrogens is 276 g/mol. The Bertz CT molecular complexity index is 621. The summed E-state index contributed by atoms with van der Waals surface area (Å²) in [7, 11) is -3.41. The molecule has 2 aliphatic heterocycles. The van der Waals surface area contributed by atoms with Crippen LogP contribution in [0.4, 0.5) is 0 Å². The molecule has 0 aliphatic carbocycles. The number of piperazine rings is 1. The molecule has 3 rings (SSSR count). The average Bonchev–Trinajstić information content (AvgIpc) is 2.72. The zero-order valence-electron chi connectivity index (χ0n) is 11.2. The fourth-order valence-electron chi connectivity index (χ4n) is 2.49. The minimum atomic E-state index is -3.41. The van der Waals surface area contributed by atoms with Crippen LogP contribution in [0.1, 0.15) is 5.56 Å². The van der Waals surface area contributed by atoms with E-state index in [1.165, 1.54) is 0 Å². The second-order valence-electron chi connectivity index (χ2n) is 4.92. The largest absolute Gasteiger partial charge is 0.314 e. The highest BCUT2D eigenvalue weighted by Crippen LogP contribution is 2.21. The van der Waals surface area contributed by atoms with Crippen LogP contribution < -0.4 is 10.0 Å². The molecule has 2 aliphatic rings. The third kappa shape index (κ3) is 2.70. The molecule has 6 nitrogen and oxygen atoms in total. The summed E-state index contributed by atoms with van der Waals surface area (Å²) < 4.78 is 26.4. The van der Waals surface area contributed by atoms with Gasteiger partial charge in [0.2, 0.25) is 0 Å². The first kappa shape index (κ1) is 13.5. The van der Waals surface area contributed by atoms with Gasteiger partial charge >= 0.3 is 0 Å². The Labute approximate surface area is 118 Å². The summed E-state index contributed by atoms with van der Waals surface area (Å²) in [4.78, 5) is 7.07. The highest BCUT2D eigenvalue weighted by molar-refractivity contribution is 7.90. The average molecular weight is 294 g/mol. The Kier molecular flexibility index (Phi) is 3.73. The van der Waals surface area contributed by atoms with Gasteiger partial charge < -0.3 is 5.32 Å². The molecule has 7 heteroatoms. The van der Waals surface area contributed by atoms with Crippen molar-refractivity contribution in [2.45, 2.75) is 4.90 Å². The van der Waals surface area contributed by atoms with Gasteiger partial charge in [-0.1, -0.05) is 12.1 Å². The Balaban J connectivity index is 1.70. The lowest BCUT2D eigenvalue weighted by atomic mass is 10.2. The topological polar surface area (TPSA) is 73.8 Å². The van der Waals surface area contributed by atoms with E-state index in [2.05, 4.69) is 19.9 Å². The summed E-state index contributed by atoms with van der Waals surface area (Å²) in [5, 5.41) is 3.30. The van der Waals surface area contributed by atoms with Gasteiger partial charge in [-0.2, -0.15) is 0 Å². The molecule has 1 fully saturated rings. The molecule has 1 saturated heterocycles. The summed E-state index contributed by atoms with van der Waals surface area (Å²) in [6.45, 7) is 5.51. The molecule has 0 bridgehead atoms. The van der Waals surface area contributed by atoms with E-state index in [-0.39, 0.29) is 0 Å². The van der Waals surface area contributed by atoms with E-state index in [1.54, 1.807) is 18.2 Å². The fraction of sp³-hybridized carbons (Fsp3) is 0.462. The number of amidine groups is 1. The maximum absolute atomic E-state index is 11.9. The zero-order valence-corrected chi connectivity index (χ0v) is 12.0. The molecule has 2 heterocycles. The molecule has 0 saturated carbocycles. The Morgan fingerprint density at radius 3 is 2.75 bits per heavy atom. The van der Waals surface area contributed by atoms with Crippen molar-refractivity contribution in [3.05, 3.63) is 29.8 Å². The molecule has 0 aromatic heterocycles. The molecule has 0 atom stereocenters. The summed E-state index contributed by atoms with van der Waals surface area (Å²) in [6.07, 6.45) is 0. The molecule has 0 amide bonds. The first-order valence-corrected chi connectivity index (χ1v) is 8.25. The van der Waals surface area contributed by atoms with Crippen molar-refractivity contribution in [1.82, 2.24) is 14.9 Å². The molecule has 1 aromatic carbocycles. The lowest BCUT2D eigenvalue weighted by Crippen LogP contribution is -2.44. The fourth-order valence-corrected chi connectivity index (χ4v) is 3.74. The van der Waals surface area contributed by atoms with Gasteiger partial charge in [0.05, 0.1) is 11.4 Å². The van der Waals surface area contributed by atoms with Gasteiger partial charge in [-0.25, -0.2) is 8.42 Å². The van der Waals surface area contributed by atoms with Crippen LogP contribution in [0.2, 0.25) is 0 Å². The molecule has 1 aromatic rings. The molecule has 2 N–H and O–H groups in total. The van der Waals surface area contributed by atoms with Crippen molar-refractivity contribution < 1.29 is 8.42 Å². The minimum absolute atomic E-state index is 0.320. The lowest BCUT2D eigenvalue weighted by Gasteiger charge is -2.26. The Morgan fingerprint density at radius 1 is 1.20 bits per heavy atom. The number of benzene rings is 1. The quantitative estimate of drug-likeness (QED) is 0.798. The van der Waals surface area contributed by atoms with E-state index in [4.69, 9.17) is 0 Å². The van der Waals surface area contributed by atoms with E-state index in [0.717, 1.165) is 32.7 Å². The van der Waals surface area contributed by atoms with E-state index in [9.17, 15) is 8.42 Å². The number of sulfonamides is 1. The van der Waals surface area contributed by atoms with Crippen LogP contribution in [0.5, 0.6) is 0 Å². The van der Waals surface area contributed by atoms with Crippen LogP contribution in [-0.4, -0.2) is 58.4 Å². The standard InChI is InChI=1S/C13H18N4O2S/c18-20(19)12-4-2-1-3-11(12)13(16-20)15-7-10-17-8-5-14-6-9-17/h1-4,14H,5-10H2,(H,15,16). The SMILES string of the molecule is O=S1(=O)NC(=NCCN2CCNCC2)c2ccccc21. The van der Waals surface area contributed by atoms with Crippen molar-refractivity contribution >= 4 is 15.9 Å². The third-order valence-corrected chi connectivity index (χ3v) is 4.96. The predicted octanol–water partition coefficient (Wildman–Crippen LogP) is -0.370. The summed E-state index contributed by atoms with van der Waals surface area (Å²) >= 11 is 0. The van der Waals surface area contributed by atoms with Crippen molar-refractivity contribution in [2.24, 2.45) is 4.99 Å². The first-order valence-electron chi connectivity index (χ1n) is 6.76. The maximum atomic E-state index is 11.9. The first-order chi connectivity index (χ1) is 9.67. The zero-order chi connectivity index (χ0) is 14.0. The Hall–Kier alpha value is -1.44. The number of nitrogens with one attached hydrogen (secondary N) is 2. The van der Waals surface area contributed by atoms with Crippen LogP contribution in [0.15, 0.2) is 34.2 Å². The van der Waals surface area contributed by atoms with E-state index >= 15 is 0 Å². The summed E-state index contributed by atoms with van der Waals surface area (Å²) in [6, 6.07) is 6.95. The van der Waals surface area contributed by atoms with Gasteiger partial charge in [0.15, 0.2) is 0 Å². The molecule has 0 radical (unpaired) electrons. The Morgan fingerprint density at radius 2 is 1.95 bits per heavy atom. The van der Waals surface area contributed by atoms with Crippen LogP contribution in [0.25, 0.3) is 0 Å². The molecule has 0 unspecified atom stereocenters. The van der Waals surface area contributed by atoms with Gasteiger partial charge in [-0.05, 0) is 12.1 Å². The minimum Gasteiger partial charge on any atom is -0.314 e. The van der Waals surface area contributed by atoms with Crippen LogP contribution in [0.3, 0.4) is 0 Å². The van der Waals surface area contributed by atoms with Crippen molar-refractivity contribution in [3.63, 3.8) is 0 Å². The van der Waals surface area contributed by atoms with Gasteiger partial charge in [-0.3, -0.25) is 14.6 Å². The van der Waals surface area contributed by atoms with E-state index < -0.39 is 10.0 Å². The van der Waals surface area contributed by atoms with Crippen LogP contribution in [-0.2, 0) is 10.0 Å². The van der Waals surface area contributed by atoms with Crippen LogP contribution >= 0.6 is 0 Å². The number of hydrogen-bond acceptors (Lipinski definition) is 5. The number of fused-ring (bicyclic) bond motifs is 1. The molecule has 108 valence electrons. The van der Waals surface area contributed by atoms with E-state index in [1.807, 2.05) is 6.07 Å². The number of nitrogens with zero attached hydrogens (tertiary/aromatic N) is 2. The second-order valence-corrected chi connectivity index (χ2v) is 6.57. The predicted molar refractivity (Wildman–Crippen MR) is 77.5 cm³/mol. The second kappa shape index (κ2) is 5.51. The van der Waals surface area contributed by atoms with Gasteiger partial charge in [-0.15, -0.1) is 0 Å². The van der Waals surface area contributed by atoms with Crippen molar-refractivity contribution in [2.75, 3.05) is 39.3 Å². The third-order valence-electron chi connectivity index (χ3n) is 3.56. The van der Waals surface area contributed by atoms with Crippen molar-refractivity contribution in [1.29, 1.82) is 0 Å². The van der Waals surface area contributed by atoms with Crippen molar-refractivity contribution in [3.8, 4) is 0 Å². The summed E-state index contributed by atoms with van der Waals surface area (Å²) in [5.41, 5.74) is 0.674. The number of rotatable bonds is 3. The van der Waals surface area contributed by atoms with Gasteiger partial charge in [0.25, 0.3) is 10.0 Å². The maximum Gasteiger partial charge on any atom is 0.263 e. The van der Waals surface area contributed by atoms with E-state index in [0.29, 0.717) is 22.8 Å². The number of hydrogen-bond donors (Lipinski definition) is 2. The molecular formula is C13H18N4O2S. The lowest BCUT2D eigenvalue weighted by molar-refractivity contribution is 0.247. The smallest absolute Gasteiger partial charge is 0.263 e. The summed E-state index contributed by atoms with van der Waals surface area (Å²) in [5.74, 6) is 0.468. The van der Waals surface area contributed by atoms with Gasteiger partial charge in [0, 0.05) is 38.3 Å². The number of aliphatic imine (C=N–C) groups is 1. The molecule has 0 spiro atoms. The van der Waals surface area contributed by atoms with Crippen LogP contribution in [0, 0.1) is 0 Å². The van der Waals surface area contributed by atoms with Gasteiger partial charge in [0.1, 0.15) is 5.84 Å². The highest BCUT2D eigenvalue weighted by atomic mass is 32.2. The monoisotopic (exact) mass is 294 g/mol. The normalized spacial score (nSPS) is 23.5. The molecule has 20 heavy (non-hydrogen) atoms. The highest BCUT2D eigenvalue weighted by Gasteiger charge is 2.29.